The summed E-state index contributed by atoms with van der Waals surface area (Å²) in [5.74, 6) is 2.53. The van der Waals surface area contributed by atoms with E-state index in [1.54, 1.807) is 0 Å². The number of rotatable bonds is 4. The summed E-state index contributed by atoms with van der Waals surface area (Å²) in [6.07, 6.45) is 6.52. The van der Waals surface area contributed by atoms with Crippen molar-refractivity contribution in [3.05, 3.63) is 47.8 Å². The van der Waals surface area contributed by atoms with Crippen molar-refractivity contribution in [3.8, 4) is 0 Å². The Labute approximate surface area is 151 Å². The molecule has 5 rings (SSSR count). The fourth-order valence-corrected chi connectivity index (χ4v) is 3.84. The zero-order chi connectivity index (χ0) is 17.5. The summed E-state index contributed by atoms with van der Waals surface area (Å²) in [6, 6.07) is 8.11. The summed E-state index contributed by atoms with van der Waals surface area (Å²) in [5, 5.41) is 9.56. The van der Waals surface area contributed by atoms with Crippen LogP contribution in [0.15, 0.2) is 34.9 Å². The van der Waals surface area contributed by atoms with Crippen LogP contribution in [0.25, 0.3) is 10.9 Å². The molecular formula is C20H22N4O2. The van der Waals surface area contributed by atoms with E-state index in [2.05, 4.69) is 21.2 Å². The number of amides is 1. The highest BCUT2D eigenvalue weighted by atomic mass is 16.4. The molecule has 2 aliphatic rings. The van der Waals surface area contributed by atoms with Crippen molar-refractivity contribution >= 4 is 16.8 Å². The Morgan fingerprint density at radius 2 is 1.77 bits per heavy atom. The molecule has 1 saturated carbocycles. The molecule has 0 bridgehead atoms. The molecule has 0 radical (unpaired) electrons. The first-order valence-electron chi connectivity index (χ1n) is 9.44. The van der Waals surface area contributed by atoms with Gasteiger partial charge >= 0.3 is 0 Å². The number of fused-ring (bicyclic) bond motifs is 1. The van der Waals surface area contributed by atoms with Gasteiger partial charge in [-0.3, -0.25) is 4.79 Å². The van der Waals surface area contributed by atoms with Crippen molar-refractivity contribution in [1.29, 1.82) is 0 Å². The van der Waals surface area contributed by atoms with Gasteiger partial charge in [0.15, 0.2) is 0 Å². The quantitative estimate of drug-likeness (QED) is 0.783. The number of nitrogens with one attached hydrogen (secondary N) is 1. The number of hydrogen-bond donors (Lipinski definition) is 1. The minimum atomic E-state index is 0.192. The maximum Gasteiger partial charge on any atom is 0.227 e. The number of likely N-dealkylation sites (tertiary alicyclic amines) is 1. The van der Waals surface area contributed by atoms with E-state index in [0.29, 0.717) is 12.3 Å². The van der Waals surface area contributed by atoms with Gasteiger partial charge in [0, 0.05) is 42.0 Å². The van der Waals surface area contributed by atoms with E-state index < -0.39 is 0 Å². The van der Waals surface area contributed by atoms with Gasteiger partial charge in [-0.2, -0.15) is 0 Å². The molecular weight excluding hydrogens is 328 g/mol. The standard InChI is InChI=1S/C20H22N4O2/c25-18(11-15-12-21-17-4-2-1-3-16(15)17)24-9-7-14(8-10-24)20-23-22-19(26-20)13-5-6-13/h1-4,12-14,21H,5-11H2. The molecule has 2 fully saturated rings. The SMILES string of the molecule is O=C(Cc1c[nH]c2ccccc12)N1CCC(c2nnc(C3CC3)o2)CC1. The average Bonchev–Trinajstić information content (AvgIpc) is 3.28. The molecule has 1 aliphatic carbocycles. The predicted octanol–water partition coefficient (Wildman–Crippen LogP) is 3.38. The van der Waals surface area contributed by atoms with Crippen LogP contribution in [0.2, 0.25) is 0 Å². The third kappa shape index (κ3) is 2.89. The molecule has 26 heavy (non-hydrogen) atoms. The average molecular weight is 350 g/mol. The molecule has 3 aromatic rings. The number of aromatic nitrogens is 3. The van der Waals surface area contributed by atoms with Crippen LogP contribution >= 0.6 is 0 Å². The number of carbonyl (C=O) groups is 1. The minimum absolute atomic E-state index is 0.192. The largest absolute Gasteiger partial charge is 0.425 e. The monoisotopic (exact) mass is 350 g/mol. The van der Waals surface area contributed by atoms with Crippen LogP contribution in [-0.4, -0.2) is 39.1 Å². The van der Waals surface area contributed by atoms with Crippen LogP contribution in [0.3, 0.4) is 0 Å². The van der Waals surface area contributed by atoms with E-state index in [1.165, 1.54) is 12.8 Å². The zero-order valence-corrected chi connectivity index (χ0v) is 14.6. The first kappa shape index (κ1) is 15.6. The maximum atomic E-state index is 12.7. The number of aromatic amines is 1. The second-order valence-electron chi connectivity index (χ2n) is 7.44. The van der Waals surface area contributed by atoms with Gasteiger partial charge < -0.3 is 14.3 Å². The van der Waals surface area contributed by atoms with Crippen molar-refractivity contribution in [2.75, 3.05) is 13.1 Å². The minimum Gasteiger partial charge on any atom is -0.425 e. The first-order chi connectivity index (χ1) is 12.8. The number of piperidine rings is 1. The summed E-state index contributed by atoms with van der Waals surface area (Å²) in [7, 11) is 0. The smallest absolute Gasteiger partial charge is 0.227 e. The Hall–Kier alpha value is -2.63. The van der Waals surface area contributed by atoms with Crippen LogP contribution < -0.4 is 0 Å². The third-order valence-corrected chi connectivity index (χ3v) is 5.60. The lowest BCUT2D eigenvalue weighted by molar-refractivity contribution is -0.131. The van der Waals surface area contributed by atoms with Gasteiger partial charge in [-0.15, -0.1) is 10.2 Å². The number of H-pyrrole nitrogens is 1. The van der Waals surface area contributed by atoms with Crippen molar-refractivity contribution in [1.82, 2.24) is 20.1 Å². The lowest BCUT2D eigenvalue weighted by atomic mass is 9.96. The van der Waals surface area contributed by atoms with Gasteiger partial charge in [-0.1, -0.05) is 18.2 Å². The summed E-state index contributed by atoms with van der Waals surface area (Å²) < 4.78 is 5.85. The maximum absolute atomic E-state index is 12.7. The van der Waals surface area contributed by atoms with Gasteiger partial charge in [0.1, 0.15) is 0 Å². The highest BCUT2D eigenvalue weighted by Crippen LogP contribution is 2.40. The normalized spacial score (nSPS) is 18.5. The van der Waals surface area contributed by atoms with E-state index in [1.807, 2.05) is 29.3 Å². The molecule has 6 nitrogen and oxygen atoms in total. The predicted molar refractivity (Wildman–Crippen MR) is 96.8 cm³/mol. The van der Waals surface area contributed by atoms with Crippen molar-refractivity contribution in [3.63, 3.8) is 0 Å². The van der Waals surface area contributed by atoms with Gasteiger partial charge in [0.05, 0.1) is 6.42 Å². The molecule has 0 spiro atoms. The van der Waals surface area contributed by atoms with Gasteiger partial charge in [-0.05, 0) is 37.3 Å². The van der Waals surface area contributed by atoms with Crippen molar-refractivity contribution in [2.24, 2.45) is 0 Å². The fraction of sp³-hybridized carbons (Fsp3) is 0.450. The molecule has 1 aliphatic heterocycles. The Bertz CT molecular complexity index is 932. The molecule has 1 amide bonds. The van der Waals surface area contributed by atoms with E-state index >= 15 is 0 Å². The van der Waals surface area contributed by atoms with E-state index in [9.17, 15) is 4.79 Å². The van der Waals surface area contributed by atoms with Gasteiger partial charge in [0.2, 0.25) is 17.7 Å². The lowest BCUT2D eigenvalue weighted by Gasteiger charge is -2.30. The fourth-order valence-electron chi connectivity index (χ4n) is 3.84. The lowest BCUT2D eigenvalue weighted by Crippen LogP contribution is -2.38. The Kier molecular flexibility index (Phi) is 3.76. The first-order valence-corrected chi connectivity index (χ1v) is 9.44. The molecule has 2 aromatic heterocycles. The van der Waals surface area contributed by atoms with E-state index in [0.717, 1.165) is 54.2 Å². The Balaban J connectivity index is 1.21. The van der Waals surface area contributed by atoms with Crippen LogP contribution in [0, 0.1) is 0 Å². The summed E-state index contributed by atoms with van der Waals surface area (Å²) >= 11 is 0. The van der Waals surface area contributed by atoms with Crippen molar-refractivity contribution < 1.29 is 9.21 Å². The Morgan fingerprint density at radius 1 is 1.08 bits per heavy atom. The molecule has 134 valence electrons. The third-order valence-electron chi connectivity index (χ3n) is 5.60. The molecule has 3 heterocycles. The number of nitrogens with zero attached hydrogens (tertiary/aromatic N) is 3. The van der Waals surface area contributed by atoms with Gasteiger partial charge in [-0.25, -0.2) is 0 Å². The van der Waals surface area contributed by atoms with Crippen LogP contribution in [0.1, 0.15) is 54.9 Å². The number of para-hydroxylation sites is 1. The highest BCUT2D eigenvalue weighted by Gasteiger charge is 2.32. The number of carbonyl (C=O) groups excluding carboxylic acids is 1. The molecule has 1 aromatic carbocycles. The van der Waals surface area contributed by atoms with Crippen LogP contribution in [0.4, 0.5) is 0 Å². The summed E-state index contributed by atoms with van der Waals surface area (Å²) in [4.78, 5) is 17.9. The summed E-state index contributed by atoms with van der Waals surface area (Å²) in [6.45, 7) is 1.51. The highest BCUT2D eigenvalue weighted by molar-refractivity contribution is 5.88. The van der Waals surface area contributed by atoms with Gasteiger partial charge in [0.25, 0.3) is 0 Å². The molecule has 6 heteroatoms. The second-order valence-corrected chi connectivity index (χ2v) is 7.44. The Morgan fingerprint density at radius 3 is 2.50 bits per heavy atom. The topological polar surface area (TPSA) is 75.0 Å². The second kappa shape index (κ2) is 6.27. The van der Waals surface area contributed by atoms with Crippen molar-refractivity contribution in [2.45, 2.75) is 43.9 Å². The molecule has 1 N–H and O–H groups in total. The van der Waals surface area contributed by atoms with E-state index in [4.69, 9.17) is 4.42 Å². The van der Waals surface area contributed by atoms with E-state index in [-0.39, 0.29) is 11.8 Å². The summed E-state index contributed by atoms with van der Waals surface area (Å²) in [5.41, 5.74) is 2.15. The zero-order valence-electron chi connectivity index (χ0n) is 14.6. The molecule has 0 atom stereocenters. The number of hydrogen-bond acceptors (Lipinski definition) is 4. The molecule has 1 saturated heterocycles. The molecule has 0 unspecified atom stereocenters. The van der Waals surface area contributed by atoms with Crippen LogP contribution in [0.5, 0.6) is 0 Å². The van der Waals surface area contributed by atoms with Crippen LogP contribution in [-0.2, 0) is 11.2 Å². The number of benzene rings is 1.